The van der Waals surface area contributed by atoms with Gasteiger partial charge in [0, 0.05) is 4.47 Å². The first-order valence-electron chi connectivity index (χ1n) is 6.01. The van der Waals surface area contributed by atoms with E-state index < -0.39 is 17.8 Å². The van der Waals surface area contributed by atoms with Crippen molar-refractivity contribution in [2.24, 2.45) is 0 Å². The minimum Gasteiger partial charge on any atom is -0.497 e. The molecule has 0 aliphatic carbocycles. The number of rotatable bonds is 3. The molecule has 0 fully saturated rings. The van der Waals surface area contributed by atoms with Gasteiger partial charge in [0.15, 0.2) is 0 Å². The summed E-state index contributed by atoms with van der Waals surface area (Å²) in [4.78, 5) is 0. The summed E-state index contributed by atoms with van der Waals surface area (Å²) >= 11 is 3.17. The van der Waals surface area contributed by atoms with Crippen molar-refractivity contribution >= 4 is 15.9 Å². The second kappa shape index (κ2) is 6.07. The van der Waals surface area contributed by atoms with Crippen molar-refractivity contribution in [1.29, 1.82) is 0 Å². The first kappa shape index (κ1) is 15.9. The molecule has 0 saturated carbocycles. The Morgan fingerprint density at radius 3 is 2.48 bits per heavy atom. The molecule has 6 heteroatoms. The molecule has 0 aromatic heterocycles. The lowest BCUT2D eigenvalue weighted by molar-refractivity contribution is -0.137. The lowest BCUT2D eigenvalue weighted by atomic mass is 9.99. The zero-order valence-electron chi connectivity index (χ0n) is 11.0. The molecule has 0 saturated heterocycles. The van der Waals surface area contributed by atoms with E-state index in [1.807, 2.05) is 0 Å². The molecule has 0 heterocycles. The molecule has 2 aromatic carbocycles. The zero-order chi connectivity index (χ0) is 15.6. The highest BCUT2D eigenvalue weighted by Crippen LogP contribution is 2.36. The Morgan fingerprint density at radius 1 is 1.14 bits per heavy atom. The summed E-state index contributed by atoms with van der Waals surface area (Å²) in [6, 6.07) is 9.75. The van der Waals surface area contributed by atoms with Crippen LogP contribution < -0.4 is 4.74 Å². The molecule has 2 aromatic rings. The number of alkyl halides is 3. The summed E-state index contributed by atoms with van der Waals surface area (Å²) in [6.45, 7) is 0. The van der Waals surface area contributed by atoms with E-state index in [1.165, 1.54) is 13.2 Å². The molecular weight excluding hydrogens is 349 g/mol. The molecule has 0 amide bonds. The summed E-state index contributed by atoms with van der Waals surface area (Å²) in [5, 5.41) is 10.3. The number of aliphatic hydroxyl groups excluding tert-OH is 1. The standard InChI is InChI=1S/C15H12BrF3O2/c1-21-11-4-2-3-9(7-11)14(20)12-8-10(15(17,18)19)5-6-13(12)16/h2-8,14,20H,1H3. The van der Waals surface area contributed by atoms with Gasteiger partial charge in [-0.1, -0.05) is 28.1 Å². The van der Waals surface area contributed by atoms with Gasteiger partial charge in [-0.05, 0) is 41.5 Å². The number of benzene rings is 2. The second-order valence-corrected chi connectivity index (χ2v) is 5.27. The van der Waals surface area contributed by atoms with Gasteiger partial charge in [-0.25, -0.2) is 0 Å². The Kier molecular flexibility index (Phi) is 4.58. The SMILES string of the molecule is COc1cccc(C(O)c2cc(C(F)(F)F)ccc2Br)c1. The average molecular weight is 361 g/mol. The molecule has 0 spiro atoms. The highest BCUT2D eigenvalue weighted by molar-refractivity contribution is 9.10. The van der Waals surface area contributed by atoms with Gasteiger partial charge < -0.3 is 9.84 Å². The molecule has 1 unspecified atom stereocenters. The summed E-state index contributed by atoms with van der Waals surface area (Å²) in [6.07, 6.45) is -5.64. The molecule has 0 aliphatic rings. The van der Waals surface area contributed by atoms with Gasteiger partial charge in [0.2, 0.25) is 0 Å². The van der Waals surface area contributed by atoms with E-state index >= 15 is 0 Å². The third-order valence-corrected chi connectivity index (χ3v) is 3.75. The van der Waals surface area contributed by atoms with Crippen molar-refractivity contribution in [3.63, 3.8) is 0 Å². The predicted octanol–water partition coefficient (Wildman–Crippen LogP) is 4.56. The van der Waals surface area contributed by atoms with Gasteiger partial charge in [0.05, 0.1) is 12.7 Å². The van der Waals surface area contributed by atoms with Crippen LogP contribution in [0.2, 0.25) is 0 Å². The van der Waals surface area contributed by atoms with Crippen LogP contribution in [0.25, 0.3) is 0 Å². The maximum absolute atomic E-state index is 12.8. The van der Waals surface area contributed by atoms with Crippen LogP contribution in [0.5, 0.6) is 5.75 Å². The van der Waals surface area contributed by atoms with Crippen LogP contribution >= 0.6 is 15.9 Å². The van der Waals surface area contributed by atoms with Gasteiger partial charge >= 0.3 is 6.18 Å². The fourth-order valence-corrected chi connectivity index (χ4v) is 2.38. The average Bonchev–Trinajstić information content (AvgIpc) is 2.46. The van der Waals surface area contributed by atoms with E-state index in [-0.39, 0.29) is 5.56 Å². The third kappa shape index (κ3) is 3.57. The van der Waals surface area contributed by atoms with E-state index in [0.29, 0.717) is 15.8 Å². The first-order valence-corrected chi connectivity index (χ1v) is 6.81. The fourth-order valence-electron chi connectivity index (χ4n) is 1.92. The lowest BCUT2D eigenvalue weighted by Gasteiger charge is -2.16. The van der Waals surface area contributed by atoms with Crippen molar-refractivity contribution in [2.45, 2.75) is 12.3 Å². The van der Waals surface area contributed by atoms with Gasteiger partial charge in [-0.3, -0.25) is 0 Å². The normalized spacial score (nSPS) is 13.0. The van der Waals surface area contributed by atoms with Crippen LogP contribution in [0.4, 0.5) is 13.2 Å². The van der Waals surface area contributed by atoms with Crippen LogP contribution in [0.15, 0.2) is 46.9 Å². The van der Waals surface area contributed by atoms with Gasteiger partial charge in [-0.2, -0.15) is 13.2 Å². The van der Waals surface area contributed by atoms with Crippen LogP contribution in [0.1, 0.15) is 22.8 Å². The smallest absolute Gasteiger partial charge is 0.416 e. The summed E-state index contributed by atoms with van der Waals surface area (Å²) in [5.74, 6) is 0.523. The number of hydrogen-bond acceptors (Lipinski definition) is 2. The Morgan fingerprint density at radius 2 is 1.86 bits per heavy atom. The highest BCUT2D eigenvalue weighted by Gasteiger charge is 2.31. The zero-order valence-corrected chi connectivity index (χ0v) is 12.6. The Balaban J connectivity index is 2.44. The minimum absolute atomic E-state index is 0.151. The lowest BCUT2D eigenvalue weighted by Crippen LogP contribution is -2.08. The third-order valence-electron chi connectivity index (χ3n) is 3.03. The highest BCUT2D eigenvalue weighted by atomic mass is 79.9. The predicted molar refractivity (Wildman–Crippen MR) is 76.2 cm³/mol. The number of halogens is 4. The van der Waals surface area contributed by atoms with Crippen molar-refractivity contribution < 1.29 is 23.0 Å². The van der Waals surface area contributed by atoms with E-state index in [4.69, 9.17) is 4.74 Å². The molecule has 0 bridgehead atoms. The van der Waals surface area contributed by atoms with Crippen LogP contribution in [-0.4, -0.2) is 12.2 Å². The Hall–Kier alpha value is -1.53. The molecule has 2 rings (SSSR count). The van der Waals surface area contributed by atoms with Crippen LogP contribution in [-0.2, 0) is 6.18 Å². The molecular formula is C15H12BrF3O2. The maximum atomic E-state index is 12.8. The summed E-state index contributed by atoms with van der Waals surface area (Å²) in [7, 11) is 1.48. The van der Waals surface area contributed by atoms with Gasteiger partial charge in [0.25, 0.3) is 0 Å². The van der Waals surface area contributed by atoms with E-state index in [2.05, 4.69) is 15.9 Å². The molecule has 1 N–H and O–H groups in total. The number of hydrogen-bond donors (Lipinski definition) is 1. The monoisotopic (exact) mass is 360 g/mol. The van der Waals surface area contributed by atoms with Crippen LogP contribution in [0.3, 0.4) is 0 Å². The molecule has 0 radical (unpaired) electrons. The van der Waals surface area contributed by atoms with Crippen molar-refractivity contribution in [1.82, 2.24) is 0 Å². The van der Waals surface area contributed by atoms with Crippen molar-refractivity contribution in [2.75, 3.05) is 7.11 Å². The van der Waals surface area contributed by atoms with Crippen LogP contribution in [0, 0.1) is 0 Å². The quantitative estimate of drug-likeness (QED) is 0.869. The van der Waals surface area contributed by atoms with E-state index in [0.717, 1.165) is 12.1 Å². The fraction of sp³-hybridized carbons (Fsp3) is 0.200. The molecule has 1 atom stereocenters. The number of ether oxygens (including phenoxy) is 1. The largest absolute Gasteiger partial charge is 0.497 e. The van der Waals surface area contributed by atoms with E-state index in [1.54, 1.807) is 24.3 Å². The Labute approximate surface area is 128 Å². The Bertz CT molecular complexity index is 641. The molecule has 21 heavy (non-hydrogen) atoms. The number of methoxy groups -OCH3 is 1. The molecule has 2 nitrogen and oxygen atoms in total. The van der Waals surface area contributed by atoms with Gasteiger partial charge in [-0.15, -0.1) is 0 Å². The van der Waals surface area contributed by atoms with Gasteiger partial charge in [0.1, 0.15) is 11.9 Å². The minimum atomic E-state index is -4.45. The second-order valence-electron chi connectivity index (χ2n) is 4.41. The molecule has 112 valence electrons. The summed E-state index contributed by atoms with van der Waals surface area (Å²) in [5.41, 5.74) is -0.199. The summed E-state index contributed by atoms with van der Waals surface area (Å²) < 4.78 is 43.8. The first-order chi connectivity index (χ1) is 9.82. The van der Waals surface area contributed by atoms with Crippen molar-refractivity contribution in [3.05, 3.63) is 63.6 Å². The van der Waals surface area contributed by atoms with Crippen molar-refractivity contribution in [3.8, 4) is 5.75 Å². The van der Waals surface area contributed by atoms with E-state index in [9.17, 15) is 18.3 Å². The topological polar surface area (TPSA) is 29.5 Å². The maximum Gasteiger partial charge on any atom is 0.416 e. The number of aliphatic hydroxyl groups is 1. The molecule has 0 aliphatic heterocycles.